The van der Waals surface area contributed by atoms with Crippen LogP contribution < -0.4 is 10.1 Å². The van der Waals surface area contributed by atoms with Gasteiger partial charge in [-0.2, -0.15) is 13.2 Å². The van der Waals surface area contributed by atoms with Gasteiger partial charge >= 0.3 is 6.18 Å². The van der Waals surface area contributed by atoms with E-state index in [2.05, 4.69) is 10.3 Å². The number of amides is 1. The van der Waals surface area contributed by atoms with Crippen molar-refractivity contribution in [3.63, 3.8) is 0 Å². The van der Waals surface area contributed by atoms with E-state index in [-0.39, 0.29) is 11.7 Å². The molecular weight excluding hydrogens is 401 g/mol. The number of halogens is 3. The van der Waals surface area contributed by atoms with E-state index in [9.17, 15) is 31.5 Å². The van der Waals surface area contributed by atoms with Gasteiger partial charge in [-0.1, -0.05) is 12.1 Å². The van der Waals surface area contributed by atoms with Gasteiger partial charge in [0.2, 0.25) is 5.91 Å². The fourth-order valence-electron chi connectivity index (χ4n) is 2.19. The summed E-state index contributed by atoms with van der Waals surface area (Å²) in [5, 5.41) is 11.9. The number of hydrogen-bond acceptors (Lipinski definition) is 6. The number of aliphatic hydroxyl groups is 1. The minimum atomic E-state index is -4.63. The summed E-state index contributed by atoms with van der Waals surface area (Å²) in [5.41, 5.74) is -0.737. The molecule has 1 atom stereocenters. The topological polar surface area (TPSA) is 106 Å². The lowest BCUT2D eigenvalue weighted by atomic mass is 10.3. The highest BCUT2D eigenvalue weighted by atomic mass is 32.2. The maximum absolute atomic E-state index is 12.5. The van der Waals surface area contributed by atoms with Crippen LogP contribution in [0.3, 0.4) is 0 Å². The second-order valence-electron chi connectivity index (χ2n) is 5.81. The standard InChI is InChI=1S/C17H17F3N2O5S/c1-11(23)22-14-4-2-3-5-15(14)27-9-13(24)10-28(25,26)16-7-6-12(8-21-16)17(18,19)20/h2-8,13,24H,9-10H2,1H3,(H,22,23)/t13-/m0/s1. The van der Waals surface area contributed by atoms with Gasteiger partial charge in [0, 0.05) is 13.1 Å². The zero-order valence-corrected chi connectivity index (χ0v) is 15.4. The number of pyridine rings is 1. The number of hydrogen-bond donors (Lipinski definition) is 2. The molecule has 0 spiro atoms. The molecule has 0 aliphatic rings. The van der Waals surface area contributed by atoms with Crippen LogP contribution in [0.4, 0.5) is 18.9 Å². The van der Waals surface area contributed by atoms with Crippen molar-refractivity contribution in [1.82, 2.24) is 4.98 Å². The lowest BCUT2D eigenvalue weighted by Crippen LogP contribution is -2.28. The largest absolute Gasteiger partial charge is 0.489 e. The number of ether oxygens (including phenoxy) is 1. The van der Waals surface area contributed by atoms with Gasteiger partial charge in [0.25, 0.3) is 0 Å². The van der Waals surface area contributed by atoms with Crippen molar-refractivity contribution in [3.8, 4) is 5.75 Å². The molecule has 152 valence electrons. The van der Waals surface area contributed by atoms with Crippen LogP contribution >= 0.6 is 0 Å². The molecule has 1 amide bonds. The third kappa shape index (κ3) is 5.92. The number of anilines is 1. The molecule has 1 aromatic heterocycles. The highest BCUT2D eigenvalue weighted by molar-refractivity contribution is 7.91. The average Bonchev–Trinajstić information content (AvgIpc) is 2.59. The Hall–Kier alpha value is -2.66. The molecule has 0 aliphatic heterocycles. The fraction of sp³-hybridized carbons (Fsp3) is 0.294. The predicted octanol–water partition coefficient (Wildman–Crippen LogP) is 2.27. The number of benzene rings is 1. The van der Waals surface area contributed by atoms with Crippen molar-refractivity contribution in [3.05, 3.63) is 48.2 Å². The van der Waals surface area contributed by atoms with Crippen LogP contribution in [0, 0.1) is 0 Å². The summed E-state index contributed by atoms with van der Waals surface area (Å²) < 4.78 is 67.4. The molecular formula is C17H17F3N2O5S. The van der Waals surface area contributed by atoms with Gasteiger partial charge < -0.3 is 15.2 Å². The summed E-state index contributed by atoms with van der Waals surface area (Å²) in [4.78, 5) is 14.5. The zero-order chi connectivity index (χ0) is 20.9. The molecule has 0 unspecified atom stereocenters. The number of carbonyl (C=O) groups is 1. The molecule has 7 nitrogen and oxygen atoms in total. The van der Waals surface area contributed by atoms with Gasteiger partial charge in [-0.05, 0) is 24.3 Å². The quantitative estimate of drug-likeness (QED) is 0.715. The first kappa shape index (κ1) is 21.6. The molecule has 2 N–H and O–H groups in total. The first-order valence-electron chi connectivity index (χ1n) is 7.92. The first-order chi connectivity index (χ1) is 13.0. The predicted molar refractivity (Wildman–Crippen MR) is 93.5 cm³/mol. The summed E-state index contributed by atoms with van der Waals surface area (Å²) in [5.74, 6) is -0.914. The van der Waals surface area contributed by atoms with E-state index in [1.54, 1.807) is 18.2 Å². The monoisotopic (exact) mass is 418 g/mol. The van der Waals surface area contributed by atoms with E-state index in [0.717, 1.165) is 6.07 Å². The molecule has 0 radical (unpaired) electrons. The Kier molecular flexibility index (Phi) is 6.62. The van der Waals surface area contributed by atoms with Crippen LogP contribution in [-0.2, 0) is 20.8 Å². The van der Waals surface area contributed by atoms with Gasteiger partial charge in [0.1, 0.15) is 18.5 Å². The Balaban J connectivity index is 2.02. The minimum Gasteiger partial charge on any atom is -0.489 e. The van der Waals surface area contributed by atoms with E-state index >= 15 is 0 Å². The fourth-order valence-corrected chi connectivity index (χ4v) is 3.45. The molecule has 0 saturated carbocycles. The van der Waals surface area contributed by atoms with Crippen molar-refractivity contribution in [1.29, 1.82) is 0 Å². The number of alkyl halides is 3. The van der Waals surface area contributed by atoms with Crippen LogP contribution in [0.15, 0.2) is 47.6 Å². The Morgan fingerprint density at radius 3 is 2.50 bits per heavy atom. The van der Waals surface area contributed by atoms with Crippen molar-refractivity contribution < 1.29 is 36.2 Å². The number of rotatable bonds is 7. The Morgan fingerprint density at radius 2 is 1.93 bits per heavy atom. The minimum absolute atomic E-state index is 0.224. The van der Waals surface area contributed by atoms with Gasteiger partial charge in [0.15, 0.2) is 14.9 Å². The van der Waals surface area contributed by atoms with Gasteiger partial charge in [-0.3, -0.25) is 4.79 Å². The Bertz CT molecular complexity index is 931. The number of nitrogens with zero attached hydrogens (tertiary/aromatic N) is 1. The normalized spacial score (nSPS) is 13.0. The summed E-state index contributed by atoms with van der Waals surface area (Å²) in [6, 6.07) is 7.69. The highest BCUT2D eigenvalue weighted by Gasteiger charge is 2.31. The summed E-state index contributed by atoms with van der Waals surface area (Å²) >= 11 is 0. The Labute approximate surface area is 159 Å². The molecule has 0 fully saturated rings. The summed E-state index contributed by atoms with van der Waals surface area (Å²) in [6.07, 6.45) is -5.69. The molecule has 0 bridgehead atoms. The van der Waals surface area contributed by atoms with Crippen molar-refractivity contribution >= 4 is 21.4 Å². The second kappa shape index (κ2) is 8.57. The van der Waals surface area contributed by atoms with Crippen LogP contribution in [-0.4, -0.2) is 42.9 Å². The second-order valence-corrected chi connectivity index (χ2v) is 7.79. The lowest BCUT2D eigenvalue weighted by molar-refractivity contribution is -0.137. The number of nitrogens with one attached hydrogen (secondary N) is 1. The third-order valence-corrected chi connectivity index (χ3v) is 5.13. The molecule has 0 aliphatic carbocycles. The molecule has 1 aromatic carbocycles. The maximum Gasteiger partial charge on any atom is 0.417 e. The average molecular weight is 418 g/mol. The van der Waals surface area contributed by atoms with Crippen LogP contribution in [0.2, 0.25) is 0 Å². The zero-order valence-electron chi connectivity index (χ0n) is 14.6. The van der Waals surface area contributed by atoms with Crippen LogP contribution in [0.5, 0.6) is 5.75 Å². The number of carbonyl (C=O) groups excluding carboxylic acids is 1. The van der Waals surface area contributed by atoms with Crippen LogP contribution in [0.25, 0.3) is 0 Å². The molecule has 0 saturated heterocycles. The van der Waals surface area contributed by atoms with E-state index in [4.69, 9.17) is 4.74 Å². The SMILES string of the molecule is CC(=O)Nc1ccccc1OC[C@H](O)CS(=O)(=O)c1ccc(C(F)(F)F)cn1. The lowest BCUT2D eigenvalue weighted by Gasteiger charge is -2.15. The summed E-state index contributed by atoms with van der Waals surface area (Å²) in [6.45, 7) is 0.881. The highest BCUT2D eigenvalue weighted by Crippen LogP contribution is 2.29. The number of aliphatic hydroxyl groups excluding tert-OH is 1. The number of aromatic nitrogens is 1. The van der Waals surface area contributed by atoms with Gasteiger partial charge in [-0.25, -0.2) is 13.4 Å². The van der Waals surface area contributed by atoms with E-state index in [0.29, 0.717) is 18.0 Å². The maximum atomic E-state index is 12.5. The molecule has 2 aromatic rings. The van der Waals surface area contributed by atoms with Crippen LogP contribution in [0.1, 0.15) is 12.5 Å². The van der Waals surface area contributed by atoms with Gasteiger partial charge in [-0.15, -0.1) is 0 Å². The van der Waals surface area contributed by atoms with E-state index < -0.39 is 45.1 Å². The van der Waals surface area contributed by atoms with Crippen molar-refractivity contribution in [2.75, 3.05) is 17.7 Å². The molecule has 11 heteroatoms. The van der Waals surface area contributed by atoms with Gasteiger partial charge in [0.05, 0.1) is 17.0 Å². The molecule has 28 heavy (non-hydrogen) atoms. The van der Waals surface area contributed by atoms with Crippen molar-refractivity contribution in [2.24, 2.45) is 0 Å². The number of sulfone groups is 1. The third-order valence-electron chi connectivity index (χ3n) is 3.42. The number of para-hydroxylation sites is 2. The summed E-state index contributed by atoms with van der Waals surface area (Å²) in [7, 11) is -4.13. The Morgan fingerprint density at radius 1 is 1.25 bits per heavy atom. The van der Waals surface area contributed by atoms with Crippen molar-refractivity contribution in [2.45, 2.75) is 24.2 Å². The molecule has 1 heterocycles. The molecule has 2 rings (SSSR count). The van der Waals surface area contributed by atoms with E-state index in [1.165, 1.54) is 13.0 Å². The van der Waals surface area contributed by atoms with E-state index in [1.807, 2.05) is 0 Å². The first-order valence-corrected chi connectivity index (χ1v) is 9.58. The smallest absolute Gasteiger partial charge is 0.417 e.